The Balaban J connectivity index is 2.20. The molecule has 0 saturated heterocycles. The van der Waals surface area contributed by atoms with E-state index in [4.69, 9.17) is 15.6 Å². The van der Waals surface area contributed by atoms with Crippen LogP contribution in [0.15, 0.2) is 36.4 Å². The van der Waals surface area contributed by atoms with Crippen molar-refractivity contribution in [1.82, 2.24) is 0 Å². The summed E-state index contributed by atoms with van der Waals surface area (Å²) in [6.07, 6.45) is 0. The molecule has 0 aromatic heterocycles. The molecule has 0 saturated carbocycles. The van der Waals surface area contributed by atoms with Gasteiger partial charge in [0.2, 0.25) is 0 Å². The molecule has 20 heavy (non-hydrogen) atoms. The number of hydrogen-bond acceptors (Lipinski definition) is 3. The summed E-state index contributed by atoms with van der Waals surface area (Å²) in [6.45, 7) is -0.154. The number of hydrogen-bond donors (Lipinski definition) is 2. The Kier molecular flexibility index (Phi) is 3.84. The van der Waals surface area contributed by atoms with E-state index in [0.717, 1.165) is 18.2 Å². The van der Waals surface area contributed by atoms with Crippen molar-refractivity contribution >= 4 is 11.7 Å². The molecule has 0 unspecified atom stereocenters. The molecule has 0 aliphatic heterocycles. The van der Waals surface area contributed by atoms with Crippen molar-refractivity contribution in [3.63, 3.8) is 0 Å². The van der Waals surface area contributed by atoms with Crippen LogP contribution in [0.1, 0.15) is 15.9 Å². The summed E-state index contributed by atoms with van der Waals surface area (Å²) >= 11 is 0. The zero-order chi connectivity index (χ0) is 14.7. The fourth-order valence-electron chi connectivity index (χ4n) is 1.70. The molecule has 2 aromatic carbocycles. The molecule has 0 aliphatic carbocycles. The van der Waals surface area contributed by atoms with Gasteiger partial charge in [-0.15, -0.1) is 0 Å². The van der Waals surface area contributed by atoms with Gasteiger partial charge >= 0.3 is 5.97 Å². The summed E-state index contributed by atoms with van der Waals surface area (Å²) in [7, 11) is 0. The number of nitrogen functional groups attached to an aromatic ring is 1. The van der Waals surface area contributed by atoms with Gasteiger partial charge < -0.3 is 15.6 Å². The zero-order valence-corrected chi connectivity index (χ0v) is 10.3. The maximum atomic E-state index is 13.0. The van der Waals surface area contributed by atoms with Gasteiger partial charge in [-0.25, -0.2) is 13.6 Å². The number of nitrogens with two attached hydrogens (primary N) is 1. The van der Waals surface area contributed by atoms with Crippen LogP contribution in [0, 0.1) is 11.6 Å². The first-order chi connectivity index (χ1) is 9.45. The third-order valence-corrected chi connectivity index (χ3v) is 2.55. The highest BCUT2D eigenvalue weighted by Crippen LogP contribution is 2.22. The third-order valence-electron chi connectivity index (χ3n) is 2.55. The normalized spacial score (nSPS) is 10.3. The molecule has 104 valence electrons. The molecule has 0 heterocycles. The van der Waals surface area contributed by atoms with E-state index >= 15 is 0 Å². The van der Waals surface area contributed by atoms with Crippen molar-refractivity contribution < 1.29 is 23.4 Å². The van der Waals surface area contributed by atoms with E-state index in [1.165, 1.54) is 18.2 Å². The first kappa shape index (κ1) is 13.8. The average molecular weight is 279 g/mol. The number of halogens is 2. The first-order valence-electron chi connectivity index (χ1n) is 5.66. The van der Waals surface area contributed by atoms with Crippen LogP contribution in [0.4, 0.5) is 14.5 Å². The van der Waals surface area contributed by atoms with E-state index in [9.17, 15) is 13.6 Å². The Labute approximate surface area is 113 Å². The Morgan fingerprint density at radius 3 is 2.40 bits per heavy atom. The molecular formula is C14H11F2NO3. The number of carboxylic acids is 1. The van der Waals surface area contributed by atoms with Gasteiger partial charge in [0.1, 0.15) is 29.6 Å². The second-order valence-electron chi connectivity index (χ2n) is 4.13. The molecule has 0 radical (unpaired) electrons. The van der Waals surface area contributed by atoms with E-state index in [2.05, 4.69) is 0 Å². The van der Waals surface area contributed by atoms with E-state index < -0.39 is 17.6 Å². The van der Waals surface area contributed by atoms with E-state index in [1.54, 1.807) is 0 Å². The number of benzene rings is 2. The Morgan fingerprint density at radius 1 is 1.15 bits per heavy atom. The van der Waals surface area contributed by atoms with Crippen molar-refractivity contribution in [3.05, 3.63) is 59.2 Å². The lowest BCUT2D eigenvalue weighted by molar-refractivity contribution is 0.0692. The number of carboxylic acid groups (broad SMARTS) is 1. The van der Waals surface area contributed by atoms with Crippen LogP contribution in [-0.4, -0.2) is 11.1 Å². The highest BCUT2D eigenvalue weighted by Gasteiger charge is 2.12. The molecule has 0 bridgehead atoms. The molecule has 0 spiro atoms. The van der Waals surface area contributed by atoms with Crippen LogP contribution in [-0.2, 0) is 6.61 Å². The van der Waals surface area contributed by atoms with E-state index in [-0.39, 0.29) is 29.2 Å². The van der Waals surface area contributed by atoms with Crippen LogP contribution < -0.4 is 10.5 Å². The molecule has 0 amide bonds. The molecule has 0 atom stereocenters. The van der Waals surface area contributed by atoms with Crippen molar-refractivity contribution in [2.45, 2.75) is 6.61 Å². The predicted molar refractivity (Wildman–Crippen MR) is 68.5 cm³/mol. The van der Waals surface area contributed by atoms with Gasteiger partial charge in [-0.1, -0.05) is 0 Å². The van der Waals surface area contributed by atoms with Crippen molar-refractivity contribution in [2.75, 3.05) is 5.73 Å². The molecule has 4 nitrogen and oxygen atoms in total. The largest absolute Gasteiger partial charge is 0.488 e. The number of carbonyl (C=O) groups is 1. The summed E-state index contributed by atoms with van der Waals surface area (Å²) in [5.74, 6) is -2.56. The molecule has 0 fully saturated rings. The lowest BCUT2D eigenvalue weighted by atomic mass is 10.1. The highest BCUT2D eigenvalue weighted by molar-refractivity contribution is 5.92. The van der Waals surface area contributed by atoms with E-state index in [1.807, 2.05) is 0 Å². The zero-order valence-electron chi connectivity index (χ0n) is 10.3. The van der Waals surface area contributed by atoms with Gasteiger partial charge in [0.15, 0.2) is 0 Å². The molecule has 2 aromatic rings. The summed E-state index contributed by atoms with van der Waals surface area (Å²) < 4.78 is 31.3. The fraction of sp³-hybridized carbons (Fsp3) is 0.0714. The number of rotatable bonds is 4. The summed E-state index contributed by atoms with van der Waals surface area (Å²) in [4.78, 5) is 11.0. The topological polar surface area (TPSA) is 72.5 Å². The lowest BCUT2D eigenvalue weighted by Crippen LogP contribution is -2.04. The Hall–Kier alpha value is -2.63. The standard InChI is InChI=1S/C14H11F2NO3/c15-9-3-8(4-10(16)5-9)7-20-13-2-1-11(17)6-12(13)14(18)19/h1-6H,7,17H2,(H,18,19). The van der Waals surface area contributed by atoms with Gasteiger partial charge in [-0.3, -0.25) is 0 Å². The highest BCUT2D eigenvalue weighted by atomic mass is 19.1. The van der Waals surface area contributed by atoms with Crippen molar-refractivity contribution in [1.29, 1.82) is 0 Å². The third kappa shape index (κ3) is 3.23. The summed E-state index contributed by atoms with van der Waals surface area (Å²) in [6, 6.07) is 7.10. The van der Waals surface area contributed by atoms with Crippen LogP contribution in [0.25, 0.3) is 0 Å². The maximum absolute atomic E-state index is 13.0. The molecule has 6 heteroatoms. The second kappa shape index (κ2) is 5.56. The number of anilines is 1. The maximum Gasteiger partial charge on any atom is 0.339 e. The minimum Gasteiger partial charge on any atom is -0.488 e. The monoisotopic (exact) mass is 279 g/mol. The van der Waals surface area contributed by atoms with Gasteiger partial charge in [-0.2, -0.15) is 0 Å². The Morgan fingerprint density at radius 2 is 1.80 bits per heavy atom. The summed E-state index contributed by atoms with van der Waals surface area (Å²) in [5.41, 5.74) is 5.93. The van der Waals surface area contributed by atoms with Crippen LogP contribution >= 0.6 is 0 Å². The predicted octanol–water partition coefficient (Wildman–Crippen LogP) is 2.82. The van der Waals surface area contributed by atoms with Crippen molar-refractivity contribution in [2.24, 2.45) is 0 Å². The summed E-state index contributed by atoms with van der Waals surface area (Å²) in [5, 5.41) is 9.02. The van der Waals surface area contributed by atoms with E-state index in [0.29, 0.717) is 0 Å². The van der Waals surface area contributed by atoms with Gasteiger partial charge in [-0.05, 0) is 35.9 Å². The van der Waals surface area contributed by atoms with Gasteiger partial charge in [0.25, 0.3) is 0 Å². The molecule has 0 aliphatic rings. The van der Waals surface area contributed by atoms with Crippen LogP contribution in [0.2, 0.25) is 0 Å². The first-order valence-corrected chi connectivity index (χ1v) is 5.66. The average Bonchev–Trinajstić information content (AvgIpc) is 2.36. The van der Waals surface area contributed by atoms with Crippen LogP contribution in [0.5, 0.6) is 5.75 Å². The van der Waals surface area contributed by atoms with Gasteiger partial charge in [0, 0.05) is 11.8 Å². The fourth-order valence-corrected chi connectivity index (χ4v) is 1.70. The van der Waals surface area contributed by atoms with Crippen molar-refractivity contribution in [3.8, 4) is 5.75 Å². The van der Waals surface area contributed by atoms with Gasteiger partial charge in [0.05, 0.1) is 0 Å². The quantitative estimate of drug-likeness (QED) is 0.844. The second-order valence-corrected chi connectivity index (χ2v) is 4.13. The minimum absolute atomic E-state index is 0.0800. The van der Waals surface area contributed by atoms with Crippen LogP contribution in [0.3, 0.4) is 0 Å². The smallest absolute Gasteiger partial charge is 0.339 e. The minimum atomic E-state index is -1.20. The number of aromatic carboxylic acids is 1. The number of ether oxygens (including phenoxy) is 1. The Bertz CT molecular complexity index is 639. The SMILES string of the molecule is Nc1ccc(OCc2cc(F)cc(F)c2)c(C(=O)O)c1. The molecule has 3 N–H and O–H groups in total. The lowest BCUT2D eigenvalue weighted by Gasteiger charge is -2.10. The molecular weight excluding hydrogens is 268 g/mol. The molecule has 2 rings (SSSR count).